The van der Waals surface area contributed by atoms with Crippen LogP contribution in [0, 0.1) is 5.92 Å². The number of nitrogens with zero attached hydrogens (tertiary/aromatic N) is 3. The molecule has 3 aliphatic rings. The summed E-state index contributed by atoms with van der Waals surface area (Å²) < 4.78 is 13.1. The Morgan fingerprint density at radius 2 is 2.23 bits per heavy atom. The van der Waals surface area contributed by atoms with Crippen LogP contribution >= 0.6 is 0 Å². The van der Waals surface area contributed by atoms with E-state index in [1.165, 1.54) is 0 Å². The summed E-state index contributed by atoms with van der Waals surface area (Å²) in [5.41, 5.74) is 0.234. The van der Waals surface area contributed by atoms with E-state index in [-0.39, 0.29) is 29.4 Å². The second kappa shape index (κ2) is 7.00. The molecule has 8 heteroatoms. The van der Waals surface area contributed by atoms with Gasteiger partial charge in [-0.3, -0.25) is 14.3 Å². The minimum absolute atomic E-state index is 0.00480. The molecule has 0 aliphatic carbocycles. The maximum Gasteiger partial charge on any atom is 0.254 e. The van der Waals surface area contributed by atoms with Crippen LogP contribution in [0.3, 0.4) is 0 Å². The lowest BCUT2D eigenvalue weighted by atomic mass is 9.89. The summed E-state index contributed by atoms with van der Waals surface area (Å²) in [6, 6.07) is 0.0568. The highest BCUT2D eigenvalue weighted by Gasteiger charge is 2.46. The van der Waals surface area contributed by atoms with Crippen LogP contribution in [0.15, 0.2) is 12.4 Å². The maximum atomic E-state index is 12.6. The fraction of sp³-hybridized carbons (Fsp3) is 0.722. The molecule has 4 heterocycles. The molecule has 0 saturated carbocycles. The summed E-state index contributed by atoms with van der Waals surface area (Å²) in [5, 5.41) is 7.15. The van der Waals surface area contributed by atoms with Gasteiger partial charge in [0.1, 0.15) is 0 Å². The van der Waals surface area contributed by atoms with Gasteiger partial charge in [0.15, 0.2) is 0 Å². The molecule has 26 heavy (non-hydrogen) atoms. The van der Waals surface area contributed by atoms with Crippen molar-refractivity contribution in [2.24, 2.45) is 13.0 Å². The minimum Gasteiger partial charge on any atom is -0.381 e. The molecule has 1 aromatic rings. The molecule has 3 fully saturated rings. The van der Waals surface area contributed by atoms with Gasteiger partial charge in [-0.15, -0.1) is 0 Å². The number of ether oxygens (including phenoxy) is 2. The van der Waals surface area contributed by atoms with Gasteiger partial charge in [0.2, 0.25) is 5.91 Å². The first-order valence-electron chi connectivity index (χ1n) is 9.35. The number of hydrogen-bond acceptors (Lipinski definition) is 5. The van der Waals surface area contributed by atoms with Crippen molar-refractivity contribution in [3.8, 4) is 0 Å². The van der Waals surface area contributed by atoms with Crippen LogP contribution in [0.25, 0.3) is 0 Å². The van der Waals surface area contributed by atoms with E-state index in [1.807, 2.05) is 4.90 Å². The Morgan fingerprint density at radius 1 is 1.35 bits per heavy atom. The van der Waals surface area contributed by atoms with Crippen molar-refractivity contribution in [1.29, 1.82) is 0 Å². The van der Waals surface area contributed by atoms with Gasteiger partial charge in [-0.2, -0.15) is 5.10 Å². The van der Waals surface area contributed by atoms with Gasteiger partial charge in [0, 0.05) is 45.6 Å². The van der Waals surface area contributed by atoms with Gasteiger partial charge < -0.3 is 19.7 Å². The molecule has 2 amide bonds. The highest BCUT2D eigenvalue weighted by Crippen LogP contribution is 2.35. The largest absolute Gasteiger partial charge is 0.381 e. The molecule has 4 rings (SSSR count). The van der Waals surface area contributed by atoms with Crippen LogP contribution in [0.5, 0.6) is 0 Å². The van der Waals surface area contributed by atoms with Crippen LogP contribution < -0.4 is 5.32 Å². The highest BCUT2D eigenvalue weighted by atomic mass is 16.5. The number of carbonyl (C=O) groups excluding carboxylic acids is 2. The van der Waals surface area contributed by atoms with Crippen molar-refractivity contribution in [2.45, 2.75) is 37.3 Å². The molecule has 3 saturated heterocycles. The molecule has 0 radical (unpaired) electrons. The van der Waals surface area contributed by atoms with Crippen LogP contribution in [0.2, 0.25) is 0 Å². The van der Waals surface area contributed by atoms with E-state index in [1.54, 1.807) is 24.1 Å². The van der Waals surface area contributed by atoms with Gasteiger partial charge in [-0.05, 0) is 25.7 Å². The van der Waals surface area contributed by atoms with Gasteiger partial charge in [-0.1, -0.05) is 0 Å². The summed E-state index contributed by atoms with van der Waals surface area (Å²) in [6.07, 6.45) is 6.45. The van der Waals surface area contributed by atoms with Crippen LogP contribution in [-0.4, -0.2) is 71.0 Å². The molecule has 142 valence electrons. The molecule has 8 nitrogen and oxygen atoms in total. The second-order valence-corrected chi connectivity index (χ2v) is 7.67. The van der Waals surface area contributed by atoms with E-state index in [9.17, 15) is 9.59 Å². The molecule has 1 unspecified atom stereocenters. The van der Waals surface area contributed by atoms with E-state index in [2.05, 4.69) is 10.4 Å². The molecule has 1 spiro atoms. The number of likely N-dealkylation sites (tertiary alicyclic amines) is 1. The summed E-state index contributed by atoms with van der Waals surface area (Å²) in [7, 11) is 1.79. The van der Waals surface area contributed by atoms with Crippen LogP contribution in [-0.2, 0) is 21.3 Å². The van der Waals surface area contributed by atoms with E-state index in [4.69, 9.17) is 9.47 Å². The van der Waals surface area contributed by atoms with Crippen molar-refractivity contribution in [2.75, 3.05) is 32.9 Å². The van der Waals surface area contributed by atoms with Crippen molar-refractivity contribution in [1.82, 2.24) is 20.0 Å². The number of aryl methyl sites for hydroxylation is 1. The highest BCUT2D eigenvalue weighted by molar-refractivity contribution is 5.93. The van der Waals surface area contributed by atoms with E-state index >= 15 is 0 Å². The van der Waals surface area contributed by atoms with Crippen molar-refractivity contribution >= 4 is 11.8 Å². The Hall–Kier alpha value is -1.93. The lowest BCUT2D eigenvalue weighted by Gasteiger charge is -2.38. The lowest BCUT2D eigenvalue weighted by Crippen LogP contribution is -2.50. The van der Waals surface area contributed by atoms with E-state index < -0.39 is 0 Å². The van der Waals surface area contributed by atoms with Gasteiger partial charge in [0.05, 0.1) is 29.9 Å². The van der Waals surface area contributed by atoms with Crippen LogP contribution in [0.1, 0.15) is 36.0 Å². The van der Waals surface area contributed by atoms with E-state index in [0.29, 0.717) is 31.9 Å². The third-order valence-electron chi connectivity index (χ3n) is 5.70. The van der Waals surface area contributed by atoms with Gasteiger partial charge >= 0.3 is 0 Å². The van der Waals surface area contributed by atoms with Crippen molar-refractivity contribution in [3.63, 3.8) is 0 Å². The molecular formula is C18H26N4O4. The molecule has 0 bridgehead atoms. The van der Waals surface area contributed by atoms with Crippen molar-refractivity contribution < 1.29 is 19.1 Å². The van der Waals surface area contributed by atoms with Crippen LogP contribution in [0.4, 0.5) is 0 Å². The molecule has 0 aromatic carbocycles. The number of hydrogen-bond donors (Lipinski definition) is 1. The summed E-state index contributed by atoms with van der Waals surface area (Å²) in [5.74, 6) is 0.0773. The number of aromatic nitrogens is 2. The molecule has 1 aromatic heterocycles. The standard InChI is InChI=1S/C18H26N4O4/c1-21-10-14(9-19-21)16(23)20-15-3-7-26-18(8-15)4-5-22(12-18)17(24)13-2-6-25-11-13/h9-10,13,15H,2-8,11-12H2,1H3,(H,20,23)/t13?,15-,18-/m1/s1. The predicted molar refractivity (Wildman–Crippen MR) is 92.5 cm³/mol. The first-order chi connectivity index (χ1) is 12.5. The number of carbonyl (C=O) groups is 2. The number of amides is 2. The quantitative estimate of drug-likeness (QED) is 0.838. The van der Waals surface area contributed by atoms with Crippen molar-refractivity contribution in [3.05, 3.63) is 18.0 Å². The molecule has 3 aliphatic heterocycles. The Morgan fingerprint density at radius 3 is 2.96 bits per heavy atom. The minimum atomic E-state index is -0.333. The first-order valence-corrected chi connectivity index (χ1v) is 9.35. The topological polar surface area (TPSA) is 85.7 Å². The van der Waals surface area contributed by atoms with Gasteiger partial charge in [0.25, 0.3) is 5.91 Å². The second-order valence-electron chi connectivity index (χ2n) is 7.67. The zero-order valence-corrected chi connectivity index (χ0v) is 15.1. The summed E-state index contributed by atoms with van der Waals surface area (Å²) in [4.78, 5) is 26.9. The Kier molecular flexibility index (Phi) is 4.71. The van der Waals surface area contributed by atoms with Gasteiger partial charge in [-0.25, -0.2) is 0 Å². The first kappa shape index (κ1) is 17.5. The number of rotatable bonds is 3. The fourth-order valence-electron chi connectivity index (χ4n) is 4.26. The third-order valence-corrected chi connectivity index (χ3v) is 5.70. The average molecular weight is 362 g/mol. The summed E-state index contributed by atoms with van der Waals surface area (Å²) >= 11 is 0. The monoisotopic (exact) mass is 362 g/mol. The molecule has 3 atom stereocenters. The maximum absolute atomic E-state index is 12.6. The van der Waals surface area contributed by atoms with E-state index in [0.717, 1.165) is 32.2 Å². The average Bonchev–Trinajstić information content (AvgIpc) is 3.36. The third kappa shape index (κ3) is 3.48. The SMILES string of the molecule is Cn1cc(C(=O)N[C@@H]2CCO[C@]3(CCN(C(=O)C4CCOC4)C3)C2)cn1. The Balaban J connectivity index is 1.36. The Bertz CT molecular complexity index is 684. The summed E-state index contributed by atoms with van der Waals surface area (Å²) in [6.45, 7) is 3.15. The zero-order valence-electron chi connectivity index (χ0n) is 15.1. The lowest BCUT2D eigenvalue weighted by molar-refractivity contribution is -0.137. The zero-order chi connectivity index (χ0) is 18.1. The smallest absolute Gasteiger partial charge is 0.254 e. The fourth-order valence-corrected chi connectivity index (χ4v) is 4.26. The molecule has 1 N–H and O–H groups in total. The Labute approximate surface area is 152 Å². The molecular weight excluding hydrogens is 336 g/mol. The normalized spacial score (nSPS) is 31.5. The predicted octanol–water partition coefficient (Wildman–Crippen LogP) is 0.337. The number of nitrogens with one attached hydrogen (secondary N) is 1.